The normalized spacial score (nSPS) is 44.1. The highest BCUT2D eigenvalue weighted by atomic mass is 16.7. The van der Waals surface area contributed by atoms with Gasteiger partial charge in [0.25, 0.3) is 0 Å². The third-order valence-corrected chi connectivity index (χ3v) is 5.45. The van der Waals surface area contributed by atoms with E-state index in [9.17, 15) is 35.4 Å². The van der Waals surface area contributed by atoms with E-state index in [0.29, 0.717) is 0 Å². The third-order valence-electron chi connectivity index (χ3n) is 5.45. The molecule has 176 valence electrons. The van der Waals surface area contributed by atoms with Crippen LogP contribution in [0.2, 0.25) is 0 Å². The van der Waals surface area contributed by atoms with Crippen molar-refractivity contribution in [2.45, 2.75) is 107 Å². The van der Waals surface area contributed by atoms with Crippen molar-refractivity contribution in [2.75, 3.05) is 0 Å². The van der Waals surface area contributed by atoms with Crippen molar-refractivity contribution >= 4 is 6.29 Å². The smallest absolute Gasteiger partial charge is 0.187 e. The lowest BCUT2D eigenvalue weighted by atomic mass is 9.99. The maximum Gasteiger partial charge on any atom is 0.187 e. The Kier molecular flexibility index (Phi) is 9.09. The molecule has 12 nitrogen and oxygen atoms in total. The van der Waals surface area contributed by atoms with Gasteiger partial charge in [0, 0.05) is 12.5 Å². The Morgan fingerprint density at radius 1 is 0.967 bits per heavy atom. The molecular weight excluding hydrogens is 406 g/mol. The largest absolute Gasteiger partial charge is 0.391 e. The van der Waals surface area contributed by atoms with Gasteiger partial charge in [0.2, 0.25) is 0 Å². The van der Waals surface area contributed by atoms with E-state index in [4.69, 9.17) is 24.7 Å². The summed E-state index contributed by atoms with van der Waals surface area (Å²) in [6.45, 7) is 4.29. The van der Waals surface area contributed by atoms with E-state index >= 15 is 0 Å². The van der Waals surface area contributed by atoms with Gasteiger partial charge in [-0.15, -0.1) is 0 Å². The molecule has 0 radical (unpaired) electrons. The van der Waals surface area contributed by atoms with E-state index in [1.54, 1.807) is 6.92 Å². The molecule has 2 fully saturated rings. The molecule has 12 heteroatoms. The Labute approximate surface area is 174 Å². The molecule has 0 aromatic heterocycles. The minimum absolute atomic E-state index is 0.0462. The van der Waals surface area contributed by atoms with Crippen LogP contribution in [0.3, 0.4) is 0 Å². The topological polar surface area (TPSA) is 201 Å². The maximum absolute atomic E-state index is 11.8. The van der Waals surface area contributed by atoms with Crippen molar-refractivity contribution in [2.24, 2.45) is 5.73 Å². The number of carbonyl (C=O) groups excluding carboxylic acids is 1. The van der Waals surface area contributed by atoms with Gasteiger partial charge < -0.3 is 60.1 Å². The first kappa shape index (κ1) is 25.5. The van der Waals surface area contributed by atoms with Gasteiger partial charge in [-0.05, 0) is 20.8 Å². The summed E-state index contributed by atoms with van der Waals surface area (Å²) in [7, 11) is 0. The second-order valence-corrected chi connectivity index (χ2v) is 7.91. The predicted octanol–water partition coefficient (Wildman–Crippen LogP) is -3.65. The maximum atomic E-state index is 11.8. The summed E-state index contributed by atoms with van der Waals surface area (Å²) in [5.74, 6) is 0. The van der Waals surface area contributed by atoms with Crippen LogP contribution in [0.5, 0.6) is 0 Å². The van der Waals surface area contributed by atoms with E-state index in [0.717, 1.165) is 0 Å². The molecule has 0 saturated carbocycles. The number of nitrogens with two attached hydrogens (primary N) is 1. The van der Waals surface area contributed by atoms with Gasteiger partial charge in [-0.2, -0.15) is 0 Å². The lowest BCUT2D eigenvalue weighted by molar-refractivity contribution is -0.321. The Hall–Kier alpha value is -0.770. The molecule has 13 atom stereocenters. The molecule has 30 heavy (non-hydrogen) atoms. The van der Waals surface area contributed by atoms with Crippen LogP contribution >= 0.6 is 0 Å². The number of aldehydes is 1. The quantitative estimate of drug-likeness (QED) is 0.183. The standard InChI is InChI=1S/C18H33NO11/c1-6(21)12(22)17(30-11-4-9(19)13(23)7(2)27-11)10(5-20)29-18-16(26)15(25)14(24)8(3)28-18/h5-18,21-26H,4,19H2,1-3H3/t6-,7-,8-,9+,10+,11+,12-,13-,14-,15+,16-,17-,18+/m1/s1. The number of hydrogen-bond acceptors (Lipinski definition) is 12. The number of aliphatic hydroxyl groups is 6. The van der Waals surface area contributed by atoms with Crippen molar-refractivity contribution in [1.82, 2.24) is 0 Å². The fraction of sp³-hybridized carbons (Fsp3) is 0.944. The number of rotatable bonds is 8. The van der Waals surface area contributed by atoms with Crippen molar-refractivity contribution in [1.29, 1.82) is 0 Å². The zero-order valence-corrected chi connectivity index (χ0v) is 17.1. The molecule has 8 N–H and O–H groups in total. The van der Waals surface area contributed by atoms with Crippen LogP contribution in [0.15, 0.2) is 0 Å². The number of carbonyl (C=O) groups is 1. The molecule has 0 aromatic rings. The molecule has 2 rings (SSSR count). The monoisotopic (exact) mass is 439 g/mol. The zero-order chi connectivity index (χ0) is 22.7. The average Bonchev–Trinajstić information content (AvgIpc) is 2.69. The number of aliphatic hydroxyl groups excluding tert-OH is 6. The van der Waals surface area contributed by atoms with Crippen LogP contribution in [0.4, 0.5) is 0 Å². The summed E-state index contributed by atoms with van der Waals surface area (Å²) in [5.41, 5.74) is 5.86. The Morgan fingerprint density at radius 2 is 1.57 bits per heavy atom. The van der Waals surface area contributed by atoms with Crippen LogP contribution < -0.4 is 5.73 Å². The Balaban J connectivity index is 2.16. The molecular formula is C18H33NO11. The van der Waals surface area contributed by atoms with Gasteiger partial charge in [-0.1, -0.05) is 0 Å². The summed E-state index contributed by atoms with van der Waals surface area (Å²) in [5, 5.41) is 60.0. The highest BCUT2D eigenvalue weighted by Crippen LogP contribution is 2.27. The molecule has 2 aliphatic heterocycles. The second kappa shape index (κ2) is 10.7. The van der Waals surface area contributed by atoms with E-state index in [1.807, 2.05) is 0 Å². The zero-order valence-electron chi connectivity index (χ0n) is 17.1. The first-order valence-corrected chi connectivity index (χ1v) is 9.89. The first-order chi connectivity index (χ1) is 14.0. The van der Waals surface area contributed by atoms with Crippen LogP contribution in [0.25, 0.3) is 0 Å². The summed E-state index contributed by atoms with van der Waals surface area (Å²) in [6.07, 6.45) is -15.3. The van der Waals surface area contributed by atoms with Gasteiger partial charge in [-0.3, -0.25) is 0 Å². The number of ether oxygens (including phenoxy) is 4. The summed E-state index contributed by atoms with van der Waals surface area (Å²) < 4.78 is 22.0. The Bertz CT molecular complexity index is 540. The van der Waals surface area contributed by atoms with Crippen molar-refractivity contribution in [3.8, 4) is 0 Å². The highest BCUT2D eigenvalue weighted by molar-refractivity contribution is 5.57. The predicted molar refractivity (Wildman–Crippen MR) is 98.8 cm³/mol. The third kappa shape index (κ3) is 5.72. The summed E-state index contributed by atoms with van der Waals surface area (Å²) in [4.78, 5) is 11.8. The minimum atomic E-state index is -1.68. The van der Waals surface area contributed by atoms with Crippen LogP contribution in [0.1, 0.15) is 27.2 Å². The van der Waals surface area contributed by atoms with Gasteiger partial charge in [-0.25, -0.2) is 0 Å². The molecule has 0 unspecified atom stereocenters. The molecule has 2 heterocycles. The molecule has 2 aliphatic rings. The molecule has 0 amide bonds. The molecule has 2 saturated heterocycles. The lowest BCUT2D eigenvalue weighted by Gasteiger charge is -2.42. The van der Waals surface area contributed by atoms with Gasteiger partial charge in [0.15, 0.2) is 18.9 Å². The van der Waals surface area contributed by atoms with Crippen LogP contribution in [-0.2, 0) is 23.7 Å². The van der Waals surface area contributed by atoms with Crippen molar-refractivity contribution in [3.63, 3.8) is 0 Å². The second-order valence-electron chi connectivity index (χ2n) is 7.91. The first-order valence-electron chi connectivity index (χ1n) is 9.89. The van der Waals surface area contributed by atoms with Crippen LogP contribution in [0, 0.1) is 0 Å². The van der Waals surface area contributed by atoms with Crippen molar-refractivity contribution in [3.05, 3.63) is 0 Å². The van der Waals surface area contributed by atoms with Gasteiger partial charge >= 0.3 is 0 Å². The highest BCUT2D eigenvalue weighted by Gasteiger charge is 2.46. The van der Waals surface area contributed by atoms with E-state index in [1.165, 1.54) is 13.8 Å². The van der Waals surface area contributed by atoms with E-state index in [2.05, 4.69) is 0 Å². The van der Waals surface area contributed by atoms with Gasteiger partial charge in [0.05, 0.1) is 24.4 Å². The van der Waals surface area contributed by atoms with E-state index in [-0.39, 0.29) is 12.7 Å². The molecule has 0 aromatic carbocycles. The molecule has 0 bridgehead atoms. The minimum Gasteiger partial charge on any atom is -0.391 e. The van der Waals surface area contributed by atoms with Crippen molar-refractivity contribution < 1.29 is 54.4 Å². The summed E-state index contributed by atoms with van der Waals surface area (Å²) >= 11 is 0. The Morgan fingerprint density at radius 3 is 2.10 bits per heavy atom. The fourth-order valence-corrected chi connectivity index (χ4v) is 3.44. The van der Waals surface area contributed by atoms with Crippen LogP contribution in [-0.4, -0.2) is 117 Å². The molecule has 0 spiro atoms. The summed E-state index contributed by atoms with van der Waals surface area (Å²) in [6, 6.07) is -0.681. The van der Waals surface area contributed by atoms with E-state index < -0.39 is 79.7 Å². The fourth-order valence-electron chi connectivity index (χ4n) is 3.44. The van der Waals surface area contributed by atoms with Gasteiger partial charge in [0.1, 0.15) is 36.6 Å². The molecule has 0 aliphatic carbocycles. The SMILES string of the molecule is C[C@@H](O)[C@@H](O)[C@H](O[C@H]1C[C@H](N)[C@H](O)[C@@H](C)O1)[C@H](C=O)O[C@@H]1O[C@H](C)[C@@H](O)[C@H](O)[C@H]1O. The number of hydrogen-bond donors (Lipinski definition) is 7. The lowest BCUT2D eigenvalue weighted by Crippen LogP contribution is -2.60. The average molecular weight is 439 g/mol.